The minimum absolute atomic E-state index is 0.0268. The van der Waals surface area contributed by atoms with Crippen molar-refractivity contribution in [1.29, 1.82) is 0 Å². The minimum atomic E-state index is -1.30. The third kappa shape index (κ3) is 2.54. The maximum absolute atomic E-state index is 12.1. The summed E-state index contributed by atoms with van der Waals surface area (Å²) in [6.45, 7) is 1.49. The molecule has 1 atom stereocenters. The zero-order chi connectivity index (χ0) is 14.9. The third-order valence-corrected chi connectivity index (χ3v) is 3.66. The van der Waals surface area contributed by atoms with Crippen molar-refractivity contribution >= 4 is 11.9 Å². The molecule has 1 saturated carbocycles. The van der Waals surface area contributed by atoms with Crippen molar-refractivity contribution in [3.05, 3.63) is 23.8 Å². The van der Waals surface area contributed by atoms with Gasteiger partial charge in [0.15, 0.2) is 0 Å². The van der Waals surface area contributed by atoms with Crippen LogP contribution in [0.3, 0.4) is 0 Å². The molecule has 0 bridgehead atoms. The molecule has 0 aromatic heterocycles. The number of hydrogen-bond donors (Lipinski definition) is 3. The Labute approximate surface area is 116 Å². The van der Waals surface area contributed by atoms with Gasteiger partial charge in [-0.3, -0.25) is 4.79 Å². The Hall–Kier alpha value is -2.24. The lowest BCUT2D eigenvalue weighted by molar-refractivity contribution is -0.144. The van der Waals surface area contributed by atoms with Crippen LogP contribution in [0.15, 0.2) is 18.2 Å². The number of benzene rings is 1. The Morgan fingerprint density at radius 1 is 1.40 bits per heavy atom. The summed E-state index contributed by atoms with van der Waals surface area (Å²) in [6.07, 6.45) is 1.55. The van der Waals surface area contributed by atoms with E-state index in [0.29, 0.717) is 5.75 Å². The van der Waals surface area contributed by atoms with Gasteiger partial charge in [-0.1, -0.05) is 0 Å². The van der Waals surface area contributed by atoms with Gasteiger partial charge in [-0.25, -0.2) is 4.79 Å². The molecule has 2 rings (SSSR count). The largest absolute Gasteiger partial charge is 0.507 e. The Balaban J connectivity index is 2.21. The van der Waals surface area contributed by atoms with Crippen molar-refractivity contribution in [3.8, 4) is 11.5 Å². The fourth-order valence-electron chi connectivity index (χ4n) is 2.12. The van der Waals surface area contributed by atoms with E-state index in [0.717, 1.165) is 12.8 Å². The first-order valence-electron chi connectivity index (χ1n) is 6.31. The van der Waals surface area contributed by atoms with E-state index in [4.69, 9.17) is 4.74 Å². The molecule has 108 valence electrons. The quantitative estimate of drug-likeness (QED) is 0.756. The van der Waals surface area contributed by atoms with Crippen LogP contribution >= 0.6 is 0 Å². The number of aromatic hydroxyl groups is 1. The standard InChI is InChI=1S/C14H17NO5/c1-14(13(18)19,8-3-4-8)15-12(17)10-6-5-9(20-2)7-11(10)16/h5-8,16H,3-4H2,1-2H3,(H,15,17)(H,18,19). The van der Waals surface area contributed by atoms with Crippen molar-refractivity contribution in [2.24, 2.45) is 5.92 Å². The number of aliphatic carboxylic acids is 1. The van der Waals surface area contributed by atoms with E-state index in [2.05, 4.69) is 5.32 Å². The number of hydrogen-bond acceptors (Lipinski definition) is 4. The van der Waals surface area contributed by atoms with E-state index in [-0.39, 0.29) is 17.2 Å². The SMILES string of the molecule is COc1ccc(C(=O)NC(C)(C(=O)O)C2CC2)c(O)c1. The third-order valence-electron chi connectivity index (χ3n) is 3.66. The van der Waals surface area contributed by atoms with Crippen LogP contribution in [0.1, 0.15) is 30.1 Å². The summed E-state index contributed by atoms with van der Waals surface area (Å²) >= 11 is 0. The summed E-state index contributed by atoms with van der Waals surface area (Å²) in [4.78, 5) is 23.5. The number of phenolic OH excluding ortho intramolecular Hbond substituents is 1. The minimum Gasteiger partial charge on any atom is -0.507 e. The maximum Gasteiger partial charge on any atom is 0.329 e. The molecule has 6 heteroatoms. The monoisotopic (exact) mass is 279 g/mol. The molecular weight excluding hydrogens is 262 g/mol. The number of phenols is 1. The Morgan fingerprint density at radius 2 is 2.05 bits per heavy atom. The molecule has 1 fully saturated rings. The first-order chi connectivity index (χ1) is 9.38. The Bertz CT molecular complexity index is 552. The average molecular weight is 279 g/mol. The number of ether oxygens (including phenoxy) is 1. The Morgan fingerprint density at radius 3 is 2.50 bits per heavy atom. The van der Waals surface area contributed by atoms with Gasteiger partial charge in [-0.15, -0.1) is 0 Å². The lowest BCUT2D eigenvalue weighted by Gasteiger charge is -2.26. The number of carbonyl (C=O) groups is 2. The first kappa shape index (κ1) is 14.2. The average Bonchev–Trinajstić information content (AvgIpc) is 3.22. The van der Waals surface area contributed by atoms with Crippen LogP contribution in [0.2, 0.25) is 0 Å². The highest BCUT2D eigenvalue weighted by atomic mass is 16.5. The van der Waals surface area contributed by atoms with Crippen LogP contribution in [0.25, 0.3) is 0 Å². The number of carbonyl (C=O) groups excluding carboxylic acids is 1. The second kappa shape index (κ2) is 5.03. The van der Waals surface area contributed by atoms with Crippen LogP contribution in [0.5, 0.6) is 11.5 Å². The van der Waals surface area contributed by atoms with Crippen molar-refractivity contribution < 1.29 is 24.5 Å². The molecule has 0 spiro atoms. The lowest BCUT2D eigenvalue weighted by atomic mass is 9.95. The zero-order valence-electron chi connectivity index (χ0n) is 11.3. The molecule has 1 unspecified atom stereocenters. The highest BCUT2D eigenvalue weighted by Crippen LogP contribution is 2.40. The van der Waals surface area contributed by atoms with E-state index in [1.807, 2.05) is 0 Å². The molecule has 6 nitrogen and oxygen atoms in total. The molecule has 1 aliphatic rings. The topological polar surface area (TPSA) is 95.9 Å². The smallest absolute Gasteiger partial charge is 0.329 e. The molecule has 1 aromatic carbocycles. The van der Waals surface area contributed by atoms with Gasteiger partial charge in [-0.05, 0) is 37.8 Å². The summed E-state index contributed by atoms with van der Waals surface area (Å²) in [7, 11) is 1.45. The number of nitrogens with one attached hydrogen (secondary N) is 1. The van der Waals surface area contributed by atoms with Gasteiger partial charge < -0.3 is 20.3 Å². The number of rotatable bonds is 5. The van der Waals surface area contributed by atoms with E-state index in [9.17, 15) is 19.8 Å². The van der Waals surface area contributed by atoms with Crippen LogP contribution in [-0.4, -0.2) is 34.7 Å². The number of carboxylic acid groups (broad SMARTS) is 1. The van der Waals surface area contributed by atoms with Gasteiger partial charge in [-0.2, -0.15) is 0 Å². The van der Waals surface area contributed by atoms with Gasteiger partial charge >= 0.3 is 5.97 Å². The molecule has 1 aliphatic carbocycles. The fraction of sp³-hybridized carbons (Fsp3) is 0.429. The van der Waals surface area contributed by atoms with Crippen molar-refractivity contribution in [1.82, 2.24) is 5.32 Å². The number of methoxy groups -OCH3 is 1. The van der Waals surface area contributed by atoms with Gasteiger partial charge in [0.2, 0.25) is 0 Å². The summed E-state index contributed by atoms with van der Waals surface area (Å²) in [5.41, 5.74) is -1.28. The summed E-state index contributed by atoms with van der Waals surface area (Å²) in [5.74, 6) is -1.57. The van der Waals surface area contributed by atoms with Gasteiger partial charge in [0.1, 0.15) is 17.0 Å². The van der Waals surface area contributed by atoms with E-state index in [1.165, 1.54) is 32.2 Å². The Kier molecular flexibility index (Phi) is 3.57. The van der Waals surface area contributed by atoms with Gasteiger partial charge in [0.05, 0.1) is 12.7 Å². The molecule has 1 aromatic rings. The highest BCUT2D eigenvalue weighted by Gasteiger charge is 2.48. The molecule has 1 amide bonds. The normalized spacial score (nSPS) is 17.1. The van der Waals surface area contributed by atoms with E-state index >= 15 is 0 Å². The summed E-state index contributed by atoms with van der Waals surface area (Å²) < 4.78 is 4.93. The first-order valence-corrected chi connectivity index (χ1v) is 6.31. The van der Waals surface area contributed by atoms with E-state index < -0.39 is 17.4 Å². The molecule has 20 heavy (non-hydrogen) atoms. The second-order valence-corrected chi connectivity index (χ2v) is 5.12. The van der Waals surface area contributed by atoms with Crippen LogP contribution in [-0.2, 0) is 4.79 Å². The highest BCUT2D eigenvalue weighted by molar-refractivity contribution is 6.00. The molecular formula is C14H17NO5. The van der Waals surface area contributed by atoms with Gasteiger partial charge in [0.25, 0.3) is 5.91 Å². The van der Waals surface area contributed by atoms with Crippen molar-refractivity contribution in [2.45, 2.75) is 25.3 Å². The molecule has 0 radical (unpaired) electrons. The zero-order valence-corrected chi connectivity index (χ0v) is 11.3. The van der Waals surface area contributed by atoms with E-state index in [1.54, 1.807) is 0 Å². The predicted molar refractivity (Wildman–Crippen MR) is 70.9 cm³/mol. The predicted octanol–water partition coefficient (Wildman–Crippen LogP) is 1.38. The number of amides is 1. The molecule has 0 heterocycles. The summed E-state index contributed by atoms with van der Waals surface area (Å²) in [6, 6.07) is 4.24. The van der Waals surface area contributed by atoms with Crippen molar-refractivity contribution in [3.63, 3.8) is 0 Å². The molecule has 3 N–H and O–H groups in total. The van der Waals surface area contributed by atoms with Crippen LogP contribution in [0.4, 0.5) is 0 Å². The maximum atomic E-state index is 12.1. The second-order valence-electron chi connectivity index (χ2n) is 5.12. The molecule has 0 aliphatic heterocycles. The van der Waals surface area contributed by atoms with Crippen LogP contribution < -0.4 is 10.1 Å². The lowest BCUT2D eigenvalue weighted by Crippen LogP contribution is -2.54. The van der Waals surface area contributed by atoms with Crippen LogP contribution in [0, 0.1) is 5.92 Å². The molecule has 0 saturated heterocycles. The van der Waals surface area contributed by atoms with Gasteiger partial charge in [0, 0.05) is 6.07 Å². The summed E-state index contributed by atoms with van der Waals surface area (Å²) in [5, 5.41) is 21.6. The number of carboxylic acids is 1. The fourth-order valence-corrected chi connectivity index (χ4v) is 2.12. The van der Waals surface area contributed by atoms with Crippen molar-refractivity contribution in [2.75, 3.05) is 7.11 Å².